The molecule has 7 nitrogen and oxygen atoms in total. The molecule has 8 heteroatoms. The van der Waals surface area contributed by atoms with E-state index in [0.29, 0.717) is 36.1 Å². The summed E-state index contributed by atoms with van der Waals surface area (Å²) in [5, 5.41) is 5.04. The quantitative estimate of drug-likeness (QED) is 0.765. The Morgan fingerprint density at radius 3 is 2.52 bits per heavy atom. The number of ketones is 1. The molecule has 2 amide bonds. The van der Waals surface area contributed by atoms with Gasteiger partial charge in [0, 0.05) is 18.4 Å². The Labute approximate surface area is 167 Å². The summed E-state index contributed by atoms with van der Waals surface area (Å²) >= 11 is 0. The second-order valence-electron chi connectivity index (χ2n) is 7.90. The monoisotopic (exact) mass is 402 g/mol. The lowest BCUT2D eigenvalue weighted by Crippen LogP contribution is -2.27. The van der Waals surface area contributed by atoms with Gasteiger partial charge in [0.15, 0.2) is 11.5 Å². The van der Waals surface area contributed by atoms with Crippen molar-refractivity contribution in [3.63, 3.8) is 0 Å². The summed E-state index contributed by atoms with van der Waals surface area (Å²) in [7, 11) is 0. The first-order valence-corrected chi connectivity index (χ1v) is 9.31. The Balaban J connectivity index is 1.85. The van der Waals surface area contributed by atoms with Gasteiger partial charge in [0.2, 0.25) is 0 Å². The van der Waals surface area contributed by atoms with Crippen molar-refractivity contribution >= 4 is 29.2 Å². The molecule has 1 aromatic carbocycles. The Morgan fingerprint density at radius 1 is 1.14 bits per heavy atom. The van der Waals surface area contributed by atoms with Gasteiger partial charge in [0.05, 0.1) is 16.9 Å². The summed E-state index contributed by atoms with van der Waals surface area (Å²) in [5.41, 5.74) is 0.401. The molecule has 154 valence electrons. The lowest BCUT2D eigenvalue weighted by Gasteiger charge is -2.20. The van der Waals surface area contributed by atoms with Crippen LogP contribution in [0.3, 0.4) is 0 Å². The maximum Gasteiger partial charge on any atom is 0.412 e. The van der Waals surface area contributed by atoms with Gasteiger partial charge in [-0.25, -0.2) is 9.18 Å². The Bertz CT molecular complexity index is 988. The zero-order chi connectivity index (χ0) is 21.3. The highest BCUT2D eigenvalue weighted by Gasteiger charge is 2.29. The minimum Gasteiger partial charge on any atom is -0.455 e. The summed E-state index contributed by atoms with van der Waals surface area (Å²) in [4.78, 5) is 36.9. The molecule has 1 aliphatic rings. The highest BCUT2D eigenvalue weighted by molar-refractivity contribution is 6.09. The van der Waals surface area contributed by atoms with Crippen LogP contribution in [-0.4, -0.2) is 23.4 Å². The number of amides is 2. The lowest BCUT2D eigenvalue weighted by molar-refractivity contribution is 0.0635. The summed E-state index contributed by atoms with van der Waals surface area (Å²) in [6, 6.07) is 3.55. The van der Waals surface area contributed by atoms with Gasteiger partial charge in [0.25, 0.3) is 5.91 Å². The number of fused-ring (bicyclic) bond motifs is 1. The van der Waals surface area contributed by atoms with Crippen LogP contribution in [0, 0.1) is 12.7 Å². The van der Waals surface area contributed by atoms with Crippen LogP contribution in [0.5, 0.6) is 0 Å². The van der Waals surface area contributed by atoms with E-state index in [-0.39, 0.29) is 22.9 Å². The number of rotatable bonds is 3. The third-order valence-corrected chi connectivity index (χ3v) is 4.38. The van der Waals surface area contributed by atoms with Gasteiger partial charge in [-0.2, -0.15) is 0 Å². The van der Waals surface area contributed by atoms with Gasteiger partial charge in [-0.05, 0) is 52.3 Å². The smallest absolute Gasteiger partial charge is 0.412 e. The van der Waals surface area contributed by atoms with Gasteiger partial charge in [-0.1, -0.05) is 0 Å². The third-order valence-electron chi connectivity index (χ3n) is 4.38. The molecule has 0 saturated heterocycles. The fraction of sp³-hybridized carbons (Fsp3) is 0.381. The maximum absolute atomic E-state index is 13.8. The van der Waals surface area contributed by atoms with E-state index in [1.165, 1.54) is 6.07 Å². The zero-order valence-corrected chi connectivity index (χ0v) is 16.8. The van der Waals surface area contributed by atoms with Crippen molar-refractivity contribution in [3.05, 3.63) is 46.7 Å². The van der Waals surface area contributed by atoms with Crippen LogP contribution in [-0.2, 0) is 11.2 Å². The van der Waals surface area contributed by atoms with E-state index in [1.807, 2.05) is 0 Å². The first-order valence-electron chi connectivity index (χ1n) is 9.31. The van der Waals surface area contributed by atoms with E-state index >= 15 is 0 Å². The van der Waals surface area contributed by atoms with Crippen LogP contribution in [0.2, 0.25) is 0 Å². The summed E-state index contributed by atoms with van der Waals surface area (Å²) in [6.45, 7) is 6.78. The molecule has 0 radical (unpaired) electrons. The van der Waals surface area contributed by atoms with E-state index in [4.69, 9.17) is 9.15 Å². The topological polar surface area (TPSA) is 97.6 Å². The standard InChI is InChI=1S/C21H23FN2O5/c1-11-17-15(25)6-5-7-16(17)28-18(11)19(26)23-14-10-12(22)8-9-13(14)24-20(27)29-21(2,3)4/h8-10H,5-7H2,1-4H3,(H,23,26)(H,24,27). The second-order valence-corrected chi connectivity index (χ2v) is 7.90. The van der Waals surface area contributed by atoms with Gasteiger partial charge >= 0.3 is 6.09 Å². The molecule has 3 rings (SSSR count). The maximum atomic E-state index is 13.8. The minimum atomic E-state index is -0.741. The Hall–Kier alpha value is -3.16. The van der Waals surface area contributed by atoms with E-state index in [1.54, 1.807) is 27.7 Å². The molecule has 0 fully saturated rings. The molecular formula is C21H23FN2O5. The van der Waals surface area contributed by atoms with Crippen molar-refractivity contribution < 1.29 is 27.9 Å². The first-order chi connectivity index (χ1) is 13.5. The van der Waals surface area contributed by atoms with Crippen molar-refractivity contribution in [2.45, 2.75) is 52.6 Å². The number of hydrogen-bond acceptors (Lipinski definition) is 5. The molecule has 0 saturated carbocycles. The fourth-order valence-corrected chi connectivity index (χ4v) is 3.19. The van der Waals surface area contributed by atoms with Crippen molar-refractivity contribution in [2.24, 2.45) is 0 Å². The molecule has 0 atom stereocenters. The largest absolute Gasteiger partial charge is 0.455 e. The summed E-state index contributed by atoms with van der Waals surface area (Å²) < 4.78 is 24.6. The number of anilines is 2. The summed E-state index contributed by atoms with van der Waals surface area (Å²) in [5.74, 6) is -0.791. The van der Waals surface area contributed by atoms with Crippen molar-refractivity contribution in [1.29, 1.82) is 0 Å². The molecule has 2 aromatic rings. The molecule has 1 aromatic heterocycles. The van der Waals surface area contributed by atoms with E-state index in [2.05, 4.69) is 10.6 Å². The van der Waals surface area contributed by atoms with Crippen LogP contribution < -0.4 is 10.6 Å². The zero-order valence-electron chi connectivity index (χ0n) is 16.8. The number of Topliss-reactive ketones (excluding diaryl/α,β-unsaturated/α-hetero) is 1. The second kappa shape index (κ2) is 7.69. The number of hydrogen-bond donors (Lipinski definition) is 2. The molecule has 0 bridgehead atoms. The number of benzene rings is 1. The van der Waals surface area contributed by atoms with Crippen molar-refractivity contribution in [1.82, 2.24) is 0 Å². The van der Waals surface area contributed by atoms with Crippen LogP contribution in [0.1, 0.15) is 65.8 Å². The number of carbonyl (C=O) groups excluding carboxylic acids is 3. The fourth-order valence-electron chi connectivity index (χ4n) is 3.19. The lowest BCUT2D eigenvalue weighted by atomic mass is 9.94. The highest BCUT2D eigenvalue weighted by Crippen LogP contribution is 2.31. The third kappa shape index (κ3) is 4.64. The first kappa shape index (κ1) is 20.6. The molecule has 0 spiro atoms. The molecule has 1 heterocycles. The van der Waals surface area contributed by atoms with Gasteiger partial charge in [0.1, 0.15) is 17.2 Å². The molecule has 2 N–H and O–H groups in total. The summed E-state index contributed by atoms with van der Waals surface area (Å²) in [6.07, 6.45) is 0.936. The SMILES string of the molecule is Cc1c(C(=O)Nc2cc(F)ccc2NC(=O)OC(C)(C)C)oc2c1C(=O)CCC2. The van der Waals surface area contributed by atoms with Crippen molar-refractivity contribution in [2.75, 3.05) is 10.6 Å². The van der Waals surface area contributed by atoms with E-state index < -0.39 is 23.4 Å². The number of halogens is 1. The number of nitrogens with one attached hydrogen (secondary N) is 2. The van der Waals surface area contributed by atoms with Crippen LogP contribution in [0.15, 0.2) is 22.6 Å². The van der Waals surface area contributed by atoms with Crippen LogP contribution >= 0.6 is 0 Å². The normalized spacial score (nSPS) is 13.6. The van der Waals surface area contributed by atoms with E-state index in [0.717, 1.165) is 12.1 Å². The number of aryl methyl sites for hydroxylation is 1. The Morgan fingerprint density at radius 2 is 1.86 bits per heavy atom. The number of furan rings is 1. The molecule has 0 unspecified atom stereocenters. The van der Waals surface area contributed by atoms with Gasteiger partial charge in [-0.3, -0.25) is 14.9 Å². The average molecular weight is 402 g/mol. The molecular weight excluding hydrogens is 379 g/mol. The Kier molecular flexibility index (Phi) is 5.46. The van der Waals surface area contributed by atoms with Crippen LogP contribution in [0.25, 0.3) is 0 Å². The molecule has 29 heavy (non-hydrogen) atoms. The minimum absolute atomic E-state index is 0.00210. The van der Waals surface area contributed by atoms with Gasteiger partial charge in [-0.15, -0.1) is 0 Å². The predicted octanol–water partition coefficient (Wildman–Crippen LogP) is 4.85. The molecule has 1 aliphatic carbocycles. The predicted molar refractivity (Wildman–Crippen MR) is 105 cm³/mol. The van der Waals surface area contributed by atoms with Crippen molar-refractivity contribution in [3.8, 4) is 0 Å². The van der Waals surface area contributed by atoms with Crippen LogP contribution in [0.4, 0.5) is 20.6 Å². The highest BCUT2D eigenvalue weighted by atomic mass is 19.1. The average Bonchev–Trinajstić information content (AvgIpc) is 2.94. The van der Waals surface area contributed by atoms with E-state index in [9.17, 15) is 18.8 Å². The molecule has 0 aliphatic heterocycles. The van der Waals surface area contributed by atoms with Gasteiger partial charge < -0.3 is 14.5 Å². The number of ether oxygens (including phenoxy) is 1. The number of carbonyl (C=O) groups is 3.